The zero-order valence-electron chi connectivity index (χ0n) is 43.3. The maximum absolute atomic E-state index is 7.59. The van der Waals surface area contributed by atoms with E-state index >= 15 is 0 Å². The summed E-state index contributed by atoms with van der Waals surface area (Å²) in [7, 11) is -2.95. The Bertz CT molecular complexity index is 4510. The molecule has 5 heterocycles. The van der Waals surface area contributed by atoms with Gasteiger partial charge >= 0.3 is 0 Å². The summed E-state index contributed by atoms with van der Waals surface area (Å²) in [4.78, 5) is 0. The first-order chi connectivity index (χ1) is 39.7. The van der Waals surface area contributed by atoms with Crippen molar-refractivity contribution < 1.29 is 14.2 Å². The number of benzene rings is 12. The van der Waals surface area contributed by atoms with Crippen LogP contribution in [0.15, 0.2) is 279 Å². The van der Waals surface area contributed by atoms with Gasteiger partial charge < -0.3 is 23.3 Å². The van der Waals surface area contributed by atoms with Crippen LogP contribution >= 0.6 is 0 Å². The topological polar surface area (TPSA) is 37.5 Å². The molecule has 372 valence electrons. The van der Waals surface area contributed by atoms with Gasteiger partial charge in [-0.2, -0.15) is 0 Å². The Balaban J connectivity index is 0.975. The molecular formula is C72H46B2N2O3Si. The van der Waals surface area contributed by atoms with Crippen molar-refractivity contribution in [2.24, 2.45) is 0 Å². The van der Waals surface area contributed by atoms with Crippen LogP contribution in [0.2, 0.25) is 0 Å². The number of para-hydroxylation sites is 6. The average Bonchev–Trinajstić information content (AvgIpc) is 4.17. The van der Waals surface area contributed by atoms with Crippen molar-refractivity contribution in [2.45, 2.75) is 0 Å². The molecule has 3 aliphatic rings. The second-order valence-corrected chi connectivity index (χ2v) is 25.1. The number of ether oxygens (including phenoxy) is 3. The second-order valence-electron chi connectivity index (χ2n) is 21.3. The maximum Gasteiger partial charge on any atom is 0.261 e. The molecule has 0 radical (unpaired) electrons. The summed E-state index contributed by atoms with van der Waals surface area (Å²) in [6, 6.07) is 102. The first-order valence-corrected chi connectivity index (χ1v) is 29.6. The Morgan fingerprint density at radius 1 is 0.263 bits per heavy atom. The number of fused-ring (bicyclic) bond motifs is 13. The number of hydrogen-bond donors (Lipinski definition) is 0. The minimum Gasteiger partial charge on any atom is -0.459 e. The van der Waals surface area contributed by atoms with Crippen LogP contribution in [-0.2, 0) is 0 Å². The normalized spacial score (nSPS) is 13.0. The molecule has 3 aliphatic heterocycles. The second kappa shape index (κ2) is 17.5. The van der Waals surface area contributed by atoms with Crippen molar-refractivity contribution in [3.8, 4) is 45.9 Å². The highest BCUT2D eigenvalue weighted by Gasteiger charge is 2.49. The molecule has 2 aromatic heterocycles. The van der Waals surface area contributed by atoms with Crippen LogP contribution in [0.3, 0.4) is 0 Å². The van der Waals surface area contributed by atoms with E-state index in [9.17, 15) is 0 Å². The van der Waals surface area contributed by atoms with Crippen LogP contribution in [-0.4, -0.2) is 30.6 Å². The van der Waals surface area contributed by atoms with Crippen LogP contribution in [0, 0.1) is 0 Å². The molecule has 8 heteroatoms. The van der Waals surface area contributed by atoms with Gasteiger partial charge in [0, 0.05) is 49.9 Å². The number of rotatable bonds is 7. The fourth-order valence-electron chi connectivity index (χ4n) is 14.1. The molecule has 14 aromatic rings. The molecule has 0 bridgehead atoms. The van der Waals surface area contributed by atoms with Gasteiger partial charge in [0.2, 0.25) is 0 Å². The van der Waals surface area contributed by atoms with Crippen molar-refractivity contribution in [1.82, 2.24) is 9.13 Å². The van der Waals surface area contributed by atoms with Gasteiger partial charge in [0.25, 0.3) is 13.4 Å². The molecule has 80 heavy (non-hydrogen) atoms. The molecule has 0 atom stereocenters. The first kappa shape index (κ1) is 45.0. The summed E-state index contributed by atoms with van der Waals surface area (Å²) >= 11 is 0. The molecule has 0 amide bonds. The van der Waals surface area contributed by atoms with Crippen LogP contribution in [0.4, 0.5) is 0 Å². The van der Waals surface area contributed by atoms with E-state index in [-0.39, 0.29) is 6.71 Å². The van der Waals surface area contributed by atoms with E-state index < -0.39 is 14.8 Å². The van der Waals surface area contributed by atoms with E-state index in [2.05, 4.69) is 288 Å². The van der Waals surface area contributed by atoms with Gasteiger partial charge in [-0.3, -0.25) is 0 Å². The smallest absolute Gasteiger partial charge is 0.261 e. The van der Waals surface area contributed by atoms with E-state index in [1.165, 1.54) is 42.3 Å². The molecular weight excluding hydrogens is 991 g/mol. The van der Waals surface area contributed by atoms with Crippen molar-refractivity contribution in [3.05, 3.63) is 279 Å². The SMILES string of the molecule is c1ccc([Si](c2ccccc2)(c2ccccc2)c2ccc3c(c2)B2c4ccccc4Oc4c2c(cc2c4B(c4c(-n5c6ccccc6c6ccccc65)cccc4-n4c5ccccc5c5ccccc54)c4ccccc4O2)O3)cc1. The van der Waals surface area contributed by atoms with Gasteiger partial charge in [-0.15, -0.1) is 0 Å². The quantitative estimate of drug-likeness (QED) is 0.118. The van der Waals surface area contributed by atoms with Crippen molar-refractivity contribution in [2.75, 3.05) is 0 Å². The lowest BCUT2D eigenvalue weighted by Gasteiger charge is -2.39. The third kappa shape index (κ3) is 6.36. The highest BCUT2D eigenvalue weighted by molar-refractivity contribution is 7.20. The maximum atomic E-state index is 7.59. The summed E-state index contributed by atoms with van der Waals surface area (Å²) in [6.45, 7) is -0.649. The van der Waals surface area contributed by atoms with E-state index in [1.807, 2.05) is 0 Å². The van der Waals surface area contributed by atoms with E-state index in [4.69, 9.17) is 14.2 Å². The monoisotopic (exact) mass is 1040 g/mol. The first-order valence-electron chi connectivity index (χ1n) is 27.6. The Morgan fingerprint density at radius 2 is 0.650 bits per heavy atom. The predicted octanol–water partition coefficient (Wildman–Crippen LogP) is 10.6. The third-order valence-corrected chi connectivity index (χ3v) is 22.1. The molecule has 0 unspecified atom stereocenters. The van der Waals surface area contributed by atoms with Gasteiger partial charge in [0.1, 0.15) is 34.5 Å². The standard InChI is InChI=1S/C72H46B2N2O3Si/c1-4-23-47(24-5-1)80(48-25-6-2-7-26-48,49-27-8-3-9-28-49)50-43-44-66-57(45-50)73-55-33-14-21-42-65(55)79-72-70(73)67(78-66)46-68-71(72)74(56-34-15-20-41-64(56)77-68)69-62(75-58-35-16-10-29-51(58)52-30-11-17-36-59(52)75)39-22-40-63(69)76-60-37-18-12-31-53(60)54-32-13-19-38-61(54)76/h1-46H. The fourth-order valence-corrected chi connectivity index (χ4v) is 18.9. The van der Waals surface area contributed by atoms with E-state index in [0.29, 0.717) is 5.75 Å². The van der Waals surface area contributed by atoms with Crippen LogP contribution in [0.5, 0.6) is 34.5 Å². The summed E-state index contributed by atoms with van der Waals surface area (Å²) in [5, 5.41) is 10.0. The van der Waals surface area contributed by atoms with Crippen molar-refractivity contribution in [1.29, 1.82) is 0 Å². The molecule has 0 N–H and O–H groups in total. The highest BCUT2D eigenvalue weighted by atomic mass is 28.3. The summed E-state index contributed by atoms with van der Waals surface area (Å²) in [5.74, 6) is 4.63. The molecule has 0 saturated heterocycles. The minimum atomic E-state index is -2.95. The molecule has 0 saturated carbocycles. The third-order valence-electron chi connectivity index (χ3n) is 17.3. The molecule has 0 fully saturated rings. The zero-order chi connectivity index (χ0) is 52.5. The number of hydrogen-bond acceptors (Lipinski definition) is 3. The Labute approximate surface area is 464 Å². The van der Waals surface area contributed by atoms with Crippen molar-refractivity contribution >= 4 is 119 Å². The minimum absolute atomic E-state index is 0.241. The van der Waals surface area contributed by atoms with Gasteiger partial charge in [0.15, 0.2) is 8.07 Å². The van der Waals surface area contributed by atoms with Crippen LogP contribution < -0.4 is 67.7 Å². The molecule has 5 nitrogen and oxygen atoms in total. The average molecular weight is 1040 g/mol. The van der Waals surface area contributed by atoms with Gasteiger partial charge in [-0.1, -0.05) is 218 Å². The highest BCUT2D eigenvalue weighted by Crippen LogP contribution is 2.42. The summed E-state index contributed by atoms with van der Waals surface area (Å²) < 4.78 is 27.1. The van der Waals surface area contributed by atoms with Gasteiger partial charge in [-0.05, 0) is 97.2 Å². The number of nitrogens with zero attached hydrogens (tertiary/aromatic N) is 2. The molecule has 17 rings (SSSR count). The lowest BCUT2D eigenvalue weighted by molar-refractivity contribution is 0.447. The van der Waals surface area contributed by atoms with E-state index in [0.717, 1.165) is 95.0 Å². The fraction of sp³-hybridized carbons (Fsp3) is 0. The summed E-state index contributed by atoms with van der Waals surface area (Å²) in [6.07, 6.45) is 0. The van der Waals surface area contributed by atoms with E-state index in [1.54, 1.807) is 0 Å². The number of aromatic nitrogens is 2. The largest absolute Gasteiger partial charge is 0.459 e. The molecule has 0 aliphatic carbocycles. The molecule has 12 aromatic carbocycles. The zero-order valence-corrected chi connectivity index (χ0v) is 44.3. The predicted molar refractivity (Wildman–Crippen MR) is 334 cm³/mol. The van der Waals surface area contributed by atoms with Crippen molar-refractivity contribution in [3.63, 3.8) is 0 Å². The van der Waals surface area contributed by atoms with Gasteiger partial charge in [0.05, 0.1) is 22.1 Å². The van der Waals surface area contributed by atoms with Crippen LogP contribution in [0.25, 0.3) is 55.0 Å². The lowest BCUT2D eigenvalue weighted by Crippen LogP contribution is -2.75. The Morgan fingerprint density at radius 3 is 1.14 bits per heavy atom. The molecule has 0 spiro atoms. The summed E-state index contributed by atoms with van der Waals surface area (Å²) in [5.41, 5.74) is 13.0. The Kier molecular flexibility index (Phi) is 9.85. The Hall–Kier alpha value is -10.0. The lowest BCUT2D eigenvalue weighted by atomic mass is 9.31. The van der Waals surface area contributed by atoms with Gasteiger partial charge in [-0.25, -0.2) is 0 Å². The van der Waals surface area contributed by atoms with Crippen LogP contribution in [0.1, 0.15) is 0 Å².